The molecule has 7 nitrogen and oxygen atoms in total. The van der Waals surface area contributed by atoms with Crippen LogP contribution in [-0.4, -0.2) is 58.5 Å². The minimum atomic E-state index is -0.145. The molecule has 0 spiro atoms. The molecular formula is C17H20N4O3. The largest absolute Gasteiger partial charge is 0.491 e. The average Bonchev–Trinajstić information content (AvgIpc) is 3.27. The molecule has 4 heterocycles. The lowest BCUT2D eigenvalue weighted by Crippen LogP contribution is -2.38. The third kappa shape index (κ3) is 2.65. The molecule has 2 aromatic rings. The van der Waals surface area contributed by atoms with E-state index in [9.17, 15) is 4.79 Å². The molecular weight excluding hydrogens is 308 g/mol. The van der Waals surface area contributed by atoms with E-state index in [-0.39, 0.29) is 11.3 Å². The van der Waals surface area contributed by atoms with Crippen molar-refractivity contribution in [1.29, 1.82) is 0 Å². The molecule has 0 N–H and O–H groups in total. The summed E-state index contributed by atoms with van der Waals surface area (Å²) in [5.41, 5.74) is 0.481. The summed E-state index contributed by atoms with van der Waals surface area (Å²) in [6.45, 7) is 3.16. The van der Waals surface area contributed by atoms with Gasteiger partial charge in [0.25, 0.3) is 5.91 Å². The Bertz CT molecular complexity index is 732. The monoisotopic (exact) mass is 328 g/mol. The molecule has 2 atom stereocenters. The number of rotatable bonds is 4. The second kappa shape index (κ2) is 5.90. The van der Waals surface area contributed by atoms with Crippen molar-refractivity contribution in [2.75, 3.05) is 32.9 Å². The van der Waals surface area contributed by atoms with Gasteiger partial charge in [0.2, 0.25) is 0 Å². The lowest BCUT2D eigenvalue weighted by atomic mass is 9.82. The van der Waals surface area contributed by atoms with Crippen LogP contribution in [-0.2, 0) is 11.8 Å². The van der Waals surface area contributed by atoms with Crippen LogP contribution in [0.4, 0.5) is 0 Å². The van der Waals surface area contributed by atoms with Gasteiger partial charge < -0.3 is 14.4 Å². The first-order valence-corrected chi connectivity index (χ1v) is 8.05. The van der Waals surface area contributed by atoms with E-state index in [1.807, 2.05) is 24.1 Å². The molecule has 2 aliphatic heterocycles. The van der Waals surface area contributed by atoms with Crippen LogP contribution in [0.5, 0.6) is 5.75 Å². The van der Waals surface area contributed by atoms with Gasteiger partial charge in [-0.3, -0.25) is 14.5 Å². The summed E-state index contributed by atoms with van der Waals surface area (Å²) in [6.07, 6.45) is 6.79. The first-order chi connectivity index (χ1) is 11.7. The fourth-order valence-corrected chi connectivity index (χ4v) is 3.56. The van der Waals surface area contributed by atoms with Gasteiger partial charge in [-0.05, 0) is 12.1 Å². The highest BCUT2D eigenvalue weighted by Gasteiger charge is 2.52. The molecule has 0 unspecified atom stereocenters. The zero-order valence-electron chi connectivity index (χ0n) is 13.6. The van der Waals surface area contributed by atoms with Crippen LogP contribution in [0.2, 0.25) is 0 Å². The Morgan fingerprint density at radius 1 is 1.50 bits per heavy atom. The standard InChI is InChI=1S/C17H20N4O3/c1-20-7-13(5-19-20)16(22)21-8-14-9-23-11-17(14,10-21)12-24-15-3-2-4-18-6-15/h2-7,14H,8-12H2,1H3/t14-,17+/m1/s1. The van der Waals surface area contributed by atoms with Gasteiger partial charge in [0.1, 0.15) is 5.75 Å². The van der Waals surface area contributed by atoms with Crippen LogP contribution in [0.25, 0.3) is 0 Å². The molecule has 24 heavy (non-hydrogen) atoms. The Kier molecular flexibility index (Phi) is 3.72. The van der Waals surface area contributed by atoms with Crippen molar-refractivity contribution in [3.05, 3.63) is 42.5 Å². The lowest BCUT2D eigenvalue weighted by Gasteiger charge is -2.26. The van der Waals surface area contributed by atoms with Crippen molar-refractivity contribution >= 4 is 5.91 Å². The molecule has 7 heteroatoms. The van der Waals surface area contributed by atoms with Crippen molar-refractivity contribution in [2.24, 2.45) is 18.4 Å². The highest BCUT2D eigenvalue weighted by molar-refractivity contribution is 5.94. The van der Waals surface area contributed by atoms with E-state index < -0.39 is 0 Å². The minimum Gasteiger partial charge on any atom is -0.491 e. The molecule has 2 fully saturated rings. The number of hydrogen-bond acceptors (Lipinski definition) is 5. The molecule has 0 saturated carbocycles. The van der Waals surface area contributed by atoms with Gasteiger partial charge in [0.05, 0.1) is 43.2 Å². The first kappa shape index (κ1) is 15.1. The maximum atomic E-state index is 12.7. The fourth-order valence-electron chi connectivity index (χ4n) is 3.56. The Labute approximate surface area is 140 Å². The molecule has 0 aliphatic carbocycles. The smallest absolute Gasteiger partial charge is 0.257 e. The van der Waals surface area contributed by atoms with Gasteiger partial charge in [-0.25, -0.2) is 0 Å². The van der Waals surface area contributed by atoms with Crippen LogP contribution < -0.4 is 4.74 Å². The first-order valence-electron chi connectivity index (χ1n) is 8.05. The third-order valence-electron chi connectivity index (χ3n) is 4.92. The molecule has 0 radical (unpaired) electrons. The van der Waals surface area contributed by atoms with Gasteiger partial charge in [-0.15, -0.1) is 0 Å². The Morgan fingerprint density at radius 3 is 3.17 bits per heavy atom. The number of likely N-dealkylation sites (tertiary alicyclic amines) is 1. The molecule has 126 valence electrons. The number of aryl methyl sites for hydroxylation is 1. The molecule has 4 rings (SSSR count). The highest BCUT2D eigenvalue weighted by Crippen LogP contribution is 2.42. The molecule has 0 bridgehead atoms. The molecule has 0 aromatic carbocycles. The lowest BCUT2D eigenvalue weighted by molar-refractivity contribution is 0.0659. The summed E-state index contributed by atoms with van der Waals surface area (Å²) in [7, 11) is 1.81. The minimum absolute atomic E-state index is 0.0262. The van der Waals surface area contributed by atoms with Gasteiger partial charge in [0, 0.05) is 38.4 Å². The molecule has 2 aromatic heterocycles. The van der Waals surface area contributed by atoms with Crippen molar-refractivity contribution in [3.63, 3.8) is 0 Å². The predicted octanol–water partition coefficient (Wildman–Crippen LogP) is 0.983. The second-order valence-corrected chi connectivity index (χ2v) is 6.64. The topological polar surface area (TPSA) is 69.5 Å². The van der Waals surface area contributed by atoms with Crippen LogP contribution in [0, 0.1) is 11.3 Å². The number of carbonyl (C=O) groups excluding carboxylic acids is 1. The van der Waals surface area contributed by atoms with E-state index >= 15 is 0 Å². The number of nitrogens with zero attached hydrogens (tertiary/aromatic N) is 4. The van der Waals surface area contributed by atoms with E-state index in [4.69, 9.17) is 9.47 Å². The number of fused-ring (bicyclic) bond motifs is 1. The number of pyridine rings is 1. The zero-order valence-corrected chi connectivity index (χ0v) is 13.6. The number of amides is 1. The van der Waals surface area contributed by atoms with E-state index in [0.717, 1.165) is 5.75 Å². The van der Waals surface area contributed by atoms with E-state index in [2.05, 4.69) is 10.1 Å². The SMILES string of the molecule is Cn1cc(C(=O)N2C[C@@H]3COC[C@]3(COc3cccnc3)C2)cn1. The van der Waals surface area contributed by atoms with Gasteiger partial charge in [-0.2, -0.15) is 5.10 Å². The summed E-state index contributed by atoms with van der Waals surface area (Å²) in [5, 5.41) is 4.09. The van der Waals surface area contributed by atoms with Crippen molar-refractivity contribution in [1.82, 2.24) is 19.7 Å². The van der Waals surface area contributed by atoms with Gasteiger partial charge in [0.15, 0.2) is 0 Å². The third-order valence-corrected chi connectivity index (χ3v) is 4.92. The second-order valence-electron chi connectivity index (χ2n) is 6.64. The summed E-state index contributed by atoms with van der Waals surface area (Å²) in [5.74, 6) is 1.07. The maximum absolute atomic E-state index is 12.7. The number of carbonyl (C=O) groups is 1. The normalized spacial score (nSPS) is 25.7. The highest BCUT2D eigenvalue weighted by atomic mass is 16.5. The molecule has 2 aliphatic rings. The zero-order chi connectivity index (χ0) is 16.6. The van der Waals surface area contributed by atoms with E-state index in [1.165, 1.54) is 0 Å². The Hall–Kier alpha value is -2.41. The summed E-state index contributed by atoms with van der Waals surface area (Å²) in [6, 6.07) is 3.74. The Balaban J connectivity index is 1.47. The number of hydrogen-bond donors (Lipinski definition) is 0. The van der Waals surface area contributed by atoms with Crippen molar-refractivity contribution in [2.45, 2.75) is 0 Å². The maximum Gasteiger partial charge on any atom is 0.257 e. The number of aromatic nitrogens is 3. The fraction of sp³-hybridized carbons (Fsp3) is 0.471. The van der Waals surface area contributed by atoms with Gasteiger partial charge >= 0.3 is 0 Å². The van der Waals surface area contributed by atoms with Crippen LogP contribution in [0.15, 0.2) is 36.9 Å². The van der Waals surface area contributed by atoms with Crippen LogP contribution in [0.1, 0.15) is 10.4 Å². The summed E-state index contributed by atoms with van der Waals surface area (Å²) < 4.78 is 13.3. The number of ether oxygens (including phenoxy) is 2. The predicted molar refractivity (Wildman–Crippen MR) is 85.6 cm³/mol. The summed E-state index contributed by atoms with van der Waals surface area (Å²) in [4.78, 5) is 18.7. The molecule has 2 saturated heterocycles. The Morgan fingerprint density at radius 2 is 2.42 bits per heavy atom. The van der Waals surface area contributed by atoms with E-state index in [0.29, 0.717) is 44.4 Å². The quantitative estimate of drug-likeness (QED) is 0.837. The van der Waals surface area contributed by atoms with Crippen LogP contribution >= 0.6 is 0 Å². The van der Waals surface area contributed by atoms with Crippen molar-refractivity contribution in [3.8, 4) is 5.75 Å². The molecule has 1 amide bonds. The summed E-state index contributed by atoms with van der Waals surface area (Å²) >= 11 is 0. The van der Waals surface area contributed by atoms with Gasteiger partial charge in [-0.1, -0.05) is 0 Å². The van der Waals surface area contributed by atoms with Crippen LogP contribution in [0.3, 0.4) is 0 Å². The van der Waals surface area contributed by atoms with E-state index in [1.54, 1.807) is 29.5 Å². The van der Waals surface area contributed by atoms with Crippen molar-refractivity contribution < 1.29 is 14.3 Å². The average molecular weight is 328 g/mol.